The molecule has 12 heteroatoms. The van der Waals surface area contributed by atoms with Gasteiger partial charge in [0, 0.05) is 26.2 Å². The second kappa shape index (κ2) is 15.9. The zero-order chi connectivity index (χ0) is 23.8. The fraction of sp³-hybridized carbons (Fsp3) is 0.850. The fourth-order valence-electron chi connectivity index (χ4n) is 3.11. The maximum absolute atomic E-state index is 11.2. The number of hydrogen-bond acceptors (Lipinski definition) is 10. The molecule has 32 heavy (non-hydrogen) atoms. The van der Waals surface area contributed by atoms with Gasteiger partial charge < -0.3 is 25.8 Å². The van der Waals surface area contributed by atoms with Crippen LogP contribution in [0.3, 0.4) is 0 Å². The largest absolute Gasteiger partial charge is 0.354 e. The van der Waals surface area contributed by atoms with Gasteiger partial charge >= 0.3 is 0 Å². The summed E-state index contributed by atoms with van der Waals surface area (Å²) in [6, 6.07) is 0. The summed E-state index contributed by atoms with van der Waals surface area (Å²) in [5, 5.41) is 9.63. The van der Waals surface area contributed by atoms with Gasteiger partial charge in [0.25, 0.3) is 0 Å². The van der Waals surface area contributed by atoms with Crippen molar-refractivity contribution in [3.8, 4) is 0 Å². The van der Waals surface area contributed by atoms with Crippen LogP contribution in [0.1, 0.15) is 40.5 Å². The molecular formula is C20H43N9O2S. The van der Waals surface area contributed by atoms with Crippen LogP contribution in [0.4, 0.5) is 17.8 Å². The predicted molar refractivity (Wildman–Crippen MR) is 133 cm³/mol. The Kier molecular flexibility index (Phi) is 14.1. The molecule has 0 spiro atoms. The van der Waals surface area contributed by atoms with E-state index in [1.165, 1.54) is 0 Å². The minimum atomic E-state index is -3.22. The third kappa shape index (κ3) is 12.9. The van der Waals surface area contributed by atoms with Crippen molar-refractivity contribution in [2.24, 2.45) is 0 Å². The van der Waals surface area contributed by atoms with E-state index in [2.05, 4.69) is 73.1 Å². The highest BCUT2D eigenvalue weighted by Gasteiger charge is 2.08. The van der Waals surface area contributed by atoms with Crippen molar-refractivity contribution < 1.29 is 8.42 Å². The van der Waals surface area contributed by atoms with Crippen molar-refractivity contribution in [3.63, 3.8) is 0 Å². The number of nitrogens with one attached hydrogen (secondary N) is 4. The molecule has 186 valence electrons. The Bertz CT molecular complexity index is 688. The molecule has 4 N–H and O–H groups in total. The number of aromatic nitrogens is 3. The molecule has 0 atom stereocenters. The van der Waals surface area contributed by atoms with Crippen molar-refractivity contribution in [3.05, 3.63) is 0 Å². The van der Waals surface area contributed by atoms with E-state index in [1.54, 1.807) is 0 Å². The van der Waals surface area contributed by atoms with Gasteiger partial charge in [0.15, 0.2) is 0 Å². The number of hydrogen-bond donors (Lipinski definition) is 4. The lowest BCUT2D eigenvalue weighted by Crippen LogP contribution is -2.28. The minimum absolute atomic E-state index is 0.254. The second-order valence-corrected chi connectivity index (χ2v) is 9.35. The monoisotopic (exact) mass is 473 g/mol. The molecule has 0 aromatic carbocycles. The van der Waals surface area contributed by atoms with Gasteiger partial charge in [-0.25, -0.2) is 13.1 Å². The fourth-order valence-corrected chi connectivity index (χ4v) is 3.58. The molecule has 0 saturated carbocycles. The van der Waals surface area contributed by atoms with Crippen LogP contribution in [-0.4, -0.2) is 105 Å². The molecule has 1 aromatic rings. The van der Waals surface area contributed by atoms with Crippen LogP contribution in [0.15, 0.2) is 0 Å². The second-order valence-electron chi connectivity index (χ2n) is 7.51. The molecule has 1 heterocycles. The minimum Gasteiger partial charge on any atom is -0.354 e. The van der Waals surface area contributed by atoms with E-state index in [0.717, 1.165) is 71.5 Å². The van der Waals surface area contributed by atoms with E-state index >= 15 is 0 Å². The van der Waals surface area contributed by atoms with Crippen LogP contribution < -0.4 is 20.7 Å². The molecule has 0 fully saturated rings. The maximum atomic E-state index is 11.2. The van der Waals surface area contributed by atoms with Gasteiger partial charge in [-0.05, 0) is 52.1 Å². The van der Waals surface area contributed by atoms with Gasteiger partial charge in [-0.15, -0.1) is 0 Å². The molecule has 0 aliphatic heterocycles. The van der Waals surface area contributed by atoms with Gasteiger partial charge in [0.2, 0.25) is 27.9 Å². The van der Waals surface area contributed by atoms with E-state index in [0.29, 0.717) is 24.4 Å². The summed E-state index contributed by atoms with van der Waals surface area (Å²) >= 11 is 0. The lowest BCUT2D eigenvalue weighted by Gasteiger charge is -2.18. The van der Waals surface area contributed by atoms with Crippen molar-refractivity contribution in [2.75, 3.05) is 87.7 Å². The highest BCUT2D eigenvalue weighted by molar-refractivity contribution is 7.88. The first-order chi connectivity index (χ1) is 15.3. The lowest BCUT2D eigenvalue weighted by molar-refractivity contribution is 0.303. The quantitative estimate of drug-likeness (QED) is 0.217. The summed E-state index contributed by atoms with van der Waals surface area (Å²) in [5.41, 5.74) is 0. The summed E-state index contributed by atoms with van der Waals surface area (Å²) in [4.78, 5) is 18.1. The number of nitrogens with zero attached hydrogens (tertiary/aromatic N) is 5. The Morgan fingerprint density at radius 1 is 0.656 bits per heavy atom. The maximum Gasteiger partial charge on any atom is 0.229 e. The van der Waals surface area contributed by atoms with Gasteiger partial charge in [-0.1, -0.05) is 27.7 Å². The van der Waals surface area contributed by atoms with Crippen molar-refractivity contribution >= 4 is 27.9 Å². The Balaban J connectivity index is 2.66. The average molecular weight is 474 g/mol. The third-order valence-corrected chi connectivity index (χ3v) is 5.79. The first kappa shape index (κ1) is 28.3. The predicted octanol–water partition coefficient (Wildman–Crippen LogP) is 1.12. The Morgan fingerprint density at radius 2 is 1.03 bits per heavy atom. The van der Waals surface area contributed by atoms with E-state index in [-0.39, 0.29) is 6.54 Å². The van der Waals surface area contributed by atoms with Crippen molar-refractivity contribution in [1.29, 1.82) is 0 Å². The Morgan fingerprint density at radius 3 is 1.38 bits per heavy atom. The molecule has 11 nitrogen and oxygen atoms in total. The molecule has 0 amide bonds. The smallest absolute Gasteiger partial charge is 0.229 e. The number of anilines is 3. The van der Waals surface area contributed by atoms with Gasteiger partial charge in [0.1, 0.15) is 0 Å². The Labute approximate surface area is 194 Å². The van der Waals surface area contributed by atoms with Gasteiger partial charge in [-0.2, -0.15) is 15.0 Å². The number of rotatable bonds is 19. The average Bonchev–Trinajstić information content (AvgIpc) is 2.76. The van der Waals surface area contributed by atoms with Crippen LogP contribution in [0.25, 0.3) is 0 Å². The van der Waals surface area contributed by atoms with E-state index in [1.807, 2.05) is 0 Å². The zero-order valence-corrected chi connectivity index (χ0v) is 21.3. The number of sulfonamides is 1. The van der Waals surface area contributed by atoms with E-state index in [9.17, 15) is 8.42 Å². The lowest BCUT2D eigenvalue weighted by atomic mass is 10.3. The highest BCUT2D eigenvalue weighted by Crippen LogP contribution is 2.09. The summed E-state index contributed by atoms with van der Waals surface area (Å²) in [6.07, 6.45) is 3.11. The topological polar surface area (TPSA) is 127 Å². The zero-order valence-electron chi connectivity index (χ0n) is 20.4. The summed E-state index contributed by atoms with van der Waals surface area (Å²) in [6.45, 7) is 17.0. The summed E-state index contributed by atoms with van der Waals surface area (Å²) in [7, 11) is -3.22. The van der Waals surface area contributed by atoms with E-state index in [4.69, 9.17) is 0 Å². The van der Waals surface area contributed by atoms with Crippen molar-refractivity contribution in [2.45, 2.75) is 40.5 Å². The van der Waals surface area contributed by atoms with Crippen LogP contribution in [0.5, 0.6) is 0 Å². The standard InChI is InChI=1S/C20H43N9O2S/c1-6-28(7-2)16-10-12-21-18-25-19(22-13-11-17-29(8-3)9-4)27-20(26-18)23-14-15-24-32(5,30)31/h24H,6-17H2,1-5H3,(H3,21,22,23,25,26,27). The van der Waals surface area contributed by atoms with Gasteiger partial charge in [-0.3, -0.25) is 0 Å². The van der Waals surface area contributed by atoms with Crippen molar-refractivity contribution in [1.82, 2.24) is 29.5 Å². The van der Waals surface area contributed by atoms with Crippen LogP contribution in [0.2, 0.25) is 0 Å². The molecule has 1 rings (SSSR count). The van der Waals surface area contributed by atoms with Crippen LogP contribution in [0, 0.1) is 0 Å². The van der Waals surface area contributed by atoms with Gasteiger partial charge in [0.05, 0.1) is 6.26 Å². The molecule has 0 bridgehead atoms. The molecular weight excluding hydrogens is 430 g/mol. The summed E-state index contributed by atoms with van der Waals surface area (Å²) in [5.74, 6) is 1.42. The molecule has 0 aliphatic rings. The molecule has 0 aliphatic carbocycles. The van der Waals surface area contributed by atoms with Crippen LogP contribution in [-0.2, 0) is 10.0 Å². The first-order valence-electron chi connectivity index (χ1n) is 11.7. The highest BCUT2D eigenvalue weighted by atomic mass is 32.2. The normalized spacial score (nSPS) is 11.8. The Hall–Kier alpha value is -1.76. The third-order valence-electron chi connectivity index (χ3n) is 5.07. The molecule has 1 aromatic heterocycles. The van der Waals surface area contributed by atoms with Crippen LogP contribution >= 0.6 is 0 Å². The van der Waals surface area contributed by atoms with E-state index < -0.39 is 10.0 Å². The molecule has 0 radical (unpaired) electrons. The summed E-state index contributed by atoms with van der Waals surface area (Å²) < 4.78 is 24.9. The molecule has 0 unspecified atom stereocenters. The molecule has 0 saturated heterocycles. The SMILES string of the molecule is CCN(CC)CCCNc1nc(NCCCN(CC)CC)nc(NCCNS(C)(=O)=O)n1. The first-order valence-corrected chi connectivity index (χ1v) is 13.6.